The van der Waals surface area contributed by atoms with Gasteiger partial charge in [-0.05, 0) is 6.92 Å². The van der Waals surface area contributed by atoms with E-state index in [0.717, 1.165) is 0 Å². The van der Waals surface area contributed by atoms with Gasteiger partial charge in [-0.2, -0.15) is 0 Å². The van der Waals surface area contributed by atoms with Gasteiger partial charge in [0, 0.05) is 23.8 Å². The molecule has 1 rings (SSSR count). The molecule has 0 saturated heterocycles. The van der Waals surface area contributed by atoms with Gasteiger partial charge in [0.25, 0.3) is 16.6 Å². The van der Waals surface area contributed by atoms with Gasteiger partial charge >= 0.3 is 6.72 Å². The summed E-state index contributed by atoms with van der Waals surface area (Å²) in [6.07, 6.45) is 0. The van der Waals surface area contributed by atoms with Crippen molar-refractivity contribution in [3.8, 4) is 0 Å². The minimum Gasteiger partial charge on any atom is -0.289 e. The van der Waals surface area contributed by atoms with Gasteiger partial charge in [-0.15, -0.1) is 0 Å². The molecule has 82 valence electrons. The fourth-order valence-electron chi connectivity index (χ4n) is 1.03. The molecule has 0 aliphatic rings. The van der Waals surface area contributed by atoms with Crippen molar-refractivity contribution < 1.29 is 19.6 Å². The van der Waals surface area contributed by atoms with E-state index in [-0.39, 0.29) is 5.69 Å². The summed E-state index contributed by atoms with van der Waals surface area (Å²) in [6, 6.07) is 4.03. The minimum absolute atomic E-state index is 0.0443. The summed E-state index contributed by atoms with van der Waals surface area (Å²) in [5.41, 5.74) is 0.357. The van der Waals surface area contributed by atoms with E-state index in [0.29, 0.717) is 21.4 Å². The first-order valence-electron chi connectivity index (χ1n) is 3.81. The van der Waals surface area contributed by atoms with E-state index in [9.17, 15) is 10.1 Å². The van der Waals surface area contributed by atoms with Crippen LogP contribution in [0.5, 0.6) is 0 Å². The molecule has 0 atom stereocenters. The molecule has 0 aliphatic carbocycles. The fraction of sp³-hybridized carbons (Fsp3) is 0.143. The van der Waals surface area contributed by atoms with E-state index in [1.165, 1.54) is 25.1 Å². The number of hydrogen-bond donors (Lipinski definition) is 3. The zero-order valence-electron chi connectivity index (χ0n) is 7.69. The Morgan fingerprint density at radius 1 is 1.40 bits per heavy atom. The van der Waals surface area contributed by atoms with Crippen LogP contribution < -0.4 is 0 Å². The first-order chi connectivity index (χ1) is 6.79. The largest absolute Gasteiger partial charge is 0.521 e. The highest BCUT2D eigenvalue weighted by atomic mass is 32.5. The third-order valence-electron chi connectivity index (χ3n) is 1.59. The second-order valence-electron chi connectivity index (χ2n) is 2.81. The lowest BCUT2D eigenvalue weighted by Crippen LogP contribution is -1.92. The summed E-state index contributed by atoms with van der Waals surface area (Å²) >= 11 is 0. The van der Waals surface area contributed by atoms with E-state index in [1.54, 1.807) is 0 Å². The average Bonchev–Trinajstić information content (AvgIpc) is 1.99. The summed E-state index contributed by atoms with van der Waals surface area (Å²) in [6.45, 7) is -2.41. The summed E-state index contributed by atoms with van der Waals surface area (Å²) in [5.74, 6) is 0. The van der Waals surface area contributed by atoms with Crippen LogP contribution in [0.4, 0.5) is 5.69 Å². The van der Waals surface area contributed by atoms with Crippen LogP contribution >= 0.6 is 6.72 Å². The Labute approximate surface area is 89.2 Å². The van der Waals surface area contributed by atoms with Crippen LogP contribution in [0.3, 0.4) is 0 Å². The molecule has 0 bridgehead atoms. The number of aryl methyl sites for hydroxylation is 1. The Kier molecular flexibility index (Phi) is 3.54. The fourth-order valence-corrected chi connectivity index (χ4v) is 2.86. The highest BCUT2D eigenvalue weighted by Gasteiger charge is 2.22. The van der Waals surface area contributed by atoms with Crippen LogP contribution in [0, 0.1) is 17.0 Å². The molecule has 0 saturated carbocycles. The molecule has 15 heavy (non-hydrogen) atoms. The third kappa shape index (κ3) is 3.65. The second kappa shape index (κ2) is 4.34. The van der Waals surface area contributed by atoms with Gasteiger partial charge < -0.3 is 0 Å². The van der Waals surface area contributed by atoms with Crippen molar-refractivity contribution in [3.05, 3.63) is 33.9 Å². The highest BCUT2D eigenvalue weighted by Crippen LogP contribution is 2.34. The van der Waals surface area contributed by atoms with Crippen molar-refractivity contribution in [3.63, 3.8) is 0 Å². The van der Waals surface area contributed by atoms with Crippen LogP contribution in [0.1, 0.15) is 5.56 Å². The van der Waals surface area contributed by atoms with Crippen molar-refractivity contribution in [2.75, 3.05) is 0 Å². The number of rotatable bonds is 2. The van der Waals surface area contributed by atoms with Crippen molar-refractivity contribution in [2.45, 2.75) is 11.8 Å². The number of nitro benzene ring substituents is 1. The van der Waals surface area contributed by atoms with Crippen molar-refractivity contribution >= 4 is 23.3 Å². The lowest BCUT2D eigenvalue weighted by atomic mass is 10.2. The third-order valence-corrected chi connectivity index (χ3v) is 3.67. The van der Waals surface area contributed by atoms with Crippen molar-refractivity contribution in [2.24, 2.45) is 0 Å². The smallest absolute Gasteiger partial charge is 0.289 e. The summed E-state index contributed by atoms with van der Waals surface area (Å²) in [7, 11) is 0.491. The Hall–Kier alpha value is -0.850. The lowest BCUT2D eigenvalue weighted by molar-refractivity contribution is -0.385. The zero-order chi connectivity index (χ0) is 11.6. The molecule has 8 heteroatoms. The molecule has 1 aromatic carbocycles. The quantitative estimate of drug-likeness (QED) is 0.314. The van der Waals surface area contributed by atoms with E-state index >= 15 is 0 Å². The number of nitro groups is 1. The number of nitrogens with zero attached hydrogens (tertiary/aromatic N) is 1. The molecule has 6 nitrogen and oxygen atoms in total. The first kappa shape index (κ1) is 12.2. The van der Waals surface area contributed by atoms with E-state index in [4.69, 9.17) is 14.7 Å². The zero-order valence-corrected chi connectivity index (χ0v) is 9.40. The lowest BCUT2D eigenvalue weighted by Gasteiger charge is -1.94. The van der Waals surface area contributed by atoms with Crippen LogP contribution in [-0.4, -0.2) is 19.6 Å². The Balaban J connectivity index is 3.19. The molecular formula is C7H9NO5PS+. The second-order valence-corrected chi connectivity index (χ2v) is 6.51. The first-order valence-corrected chi connectivity index (χ1v) is 6.88. The predicted octanol–water partition coefficient (Wildman–Crippen LogP) is 0.999. The van der Waals surface area contributed by atoms with Gasteiger partial charge in [0.05, 0.1) is 4.92 Å². The maximum absolute atomic E-state index is 10.5. The molecule has 1 aromatic rings. The van der Waals surface area contributed by atoms with E-state index < -0.39 is 11.6 Å². The minimum atomic E-state index is -3.95. The molecule has 0 heterocycles. The molecular weight excluding hydrogens is 241 g/mol. The van der Waals surface area contributed by atoms with E-state index in [2.05, 4.69) is 0 Å². The maximum Gasteiger partial charge on any atom is 0.521 e. The van der Waals surface area contributed by atoms with Crippen LogP contribution in [0.25, 0.3) is 0 Å². The van der Waals surface area contributed by atoms with Crippen LogP contribution in [0.15, 0.2) is 23.1 Å². The summed E-state index contributed by atoms with van der Waals surface area (Å²) in [4.78, 5) is 36.7. The number of hydrogen-bond acceptors (Lipinski definition) is 2. The molecule has 0 unspecified atom stereocenters. The summed E-state index contributed by atoms with van der Waals surface area (Å²) in [5, 5.41) is 10.5. The van der Waals surface area contributed by atoms with Gasteiger partial charge in [-0.3, -0.25) is 24.8 Å². The monoisotopic (exact) mass is 250 g/mol. The molecule has 0 radical (unpaired) electrons. The van der Waals surface area contributed by atoms with Gasteiger partial charge in [0.2, 0.25) is 4.90 Å². The standard InChI is InChI=1S/C7H9NO5PS/c1-5-4-6(15-14(11,12)13)2-3-7(5)8(9)10/h2-4,11-13H,1H3/q+1. The van der Waals surface area contributed by atoms with Crippen LogP contribution in [0.2, 0.25) is 0 Å². The van der Waals surface area contributed by atoms with Gasteiger partial charge in [0.1, 0.15) is 0 Å². The SMILES string of the molecule is Cc1cc([S+]=P(O)(O)O)ccc1[N+](=O)[O-]. The number of benzene rings is 1. The van der Waals surface area contributed by atoms with Crippen molar-refractivity contribution in [1.29, 1.82) is 0 Å². The van der Waals surface area contributed by atoms with Gasteiger partial charge in [-0.25, -0.2) is 0 Å². The summed E-state index contributed by atoms with van der Waals surface area (Å²) < 4.78 is 0. The topological polar surface area (TPSA) is 104 Å². The highest BCUT2D eigenvalue weighted by molar-refractivity contribution is 8.16. The molecule has 3 N–H and O–H groups in total. The average molecular weight is 250 g/mol. The normalized spacial score (nSPS) is 11.2. The maximum atomic E-state index is 10.5. The molecule has 0 fully saturated rings. The van der Waals surface area contributed by atoms with Gasteiger partial charge in [0.15, 0.2) is 0 Å². The molecule has 0 spiro atoms. The Morgan fingerprint density at radius 3 is 2.40 bits per heavy atom. The molecule has 0 amide bonds. The van der Waals surface area contributed by atoms with E-state index in [1.807, 2.05) is 0 Å². The Bertz CT molecular complexity index is 446. The van der Waals surface area contributed by atoms with Crippen LogP contribution in [-0.2, 0) is 10.9 Å². The van der Waals surface area contributed by atoms with Gasteiger partial charge in [-0.1, -0.05) is 0 Å². The molecule has 0 aliphatic heterocycles. The van der Waals surface area contributed by atoms with Crippen molar-refractivity contribution in [1.82, 2.24) is 0 Å². The predicted molar refractivity (Wildman–Crippen MR) is 57.0 cm³/mol. The Morgan fingerprint density at radius 2 is 2.00 bits per heavy atom. The molecule has 0 aromatic heterocycles.